The van der Waals surface area contributed by atoms with Gasteiger partial charge in [0.05, 0.1) is 11.0 Å². The quantitative estimate of drug-likeness (QED) is 0.116. The van der Waals surface area contributed by atoms with Gasteiger partial charge in [-0.05, 0) is 169 Å². The van der Waals surface area contributed by atoms with Crippen LogP contribution in [0.15, 0.2) is 273 Å². The third kappa shape index (κ3) is 6.71. The van der Waals surface area contributed by atoms with Crippen LogP contribution in [0.3, 0.4) is 0 Å². The number of aromatic nitrogens is 1. The van der Waals surface area contributed by atoms with E-state index in [4.69, 9.17) is 0 Å². The summed E-state index contributed by atoms with van der Waals surface area (Å²) >= 11 is 0. The molecule has 73 heavy (non-hydrogen) atoms. The Morgan fingerprint density at radius 3 is 1.04 bits per heavy atom. The zero-order valence-corrected chi connectivity index (χ0v) is 39.9. The fraction of sp³-hybridized carbons (Fsp3) is 0. The maximum Gasteiger partial charge on any atom is 0.0541 e. The molecule has 0 spiro atoms. The molecule has 0 atom stereocenters. The smallest absolute Gasteiger partial charge is 0.0541 e. The molecule has 0 radical (unpaired) electrons. The molecular weight excluding hydrogens is 879 g/mol. The lowest BCUT2D eigenvalue weighted by atomic mass is 9.87. The number of hydrogen-bond donors (Lipinski definition) is 0. The van der Waals surface area contributed by atoms with Gasteiger partial charge < -0.3 is 4.57 Å². The van der Waals surface area contributed by atoms with Crippen molar-refractivity contribution in [3.05, 3.63) is 273 Å². The molecule has 0 aliphatic carbocycles. The highest BCUT2D eigenvalue weighted by atomic mass is 15.0. The number of para-hydroxylation sites is 2. The van der Waals surface area contributed by atoms with E-state index in [1.54, 1.807) is 0 Å². The van der Waals surface area contributed by atoms with Crippen molar-refractivity contribution in [1.29, 1.82) is 0 Å². The molecule has 1 nitrogen and oxygen atoms in total. The van der Waals surface area contributed by atoms with Crippen molar-refractivity contribution in [2.75, 3.05) is 0 Å². The summed E-state index contributed by atoms with van der Waals surface area (Å²) in [5.74, 6) is 0. The number of nitrogens with zero attached hydrogens (tertiary/aromatic N) is 1. The van der Waals surface area contributed by atoms with Crippen molar-refractivity contribution in [3.63, 3.8) is 0 Å². The summed E-state index contributed by atoms with van der Waals surface area (Å²) < 4.78 is 2.39. The predicted octanol–water partition coefficient (Wildman–Crippen LogP) is 20.0. The van der Waals surface area contributed by atoms with E-state index in [0.29, 0.717) is 0 Å². The fourth-order valence-corrected chi connectivity index (χ4v) is 12.0. The topological polar surface area (TPSA) is 4.93 Å². The Bertz CT molecular complexity index is 4630. The molecular formula is C72H45N. The van der Waals surface area contributed by atoms with Crippen LogP contribution in [0.1, 0.15) is 0 Å². The van der Waals surface area contributed by atoms with Crippen molar-refractivity contribution in [2.45, 2.75) is 0 Å². The van der Waals surface area contributed by atoms with Crippen LogP contribution in [-0.2, 0) is 0 Å². The van der Waals surface area contributed by atoms with E-state index in [9.17, 15) is 0 Å². The van der Waals surface area contributed by atoms with Crippen LogP contribution in [0, 0.1) is 0 Å². The molecule has 0 N–H and O–H groups in total. The molecule has 1 heterocycles. The lowest BCUT2D eigenvalue weighted by molar-refractivity contribution is 1.18. The van der Waals surface area contributed by atoms with Gasteiger partial charge in [-0.1, -0.05) is 224 Å². The number of rotatable bonds is 6. The maximum atomic E-state index is 2.46. The van der Waals surface area contributed by atoms with E-state index in [0.717, 1.165) is 5.69 Å². The van der Waals surface area contributed by atoms with Gasteiger partial charge in [0, 0.05) is 16.5 Å². The third-order valence-corrected chi connectivity index (χ3v) is 15.6. The second-order valence-electron chi connectivity index (χ2n) is 19.6. The van der Waals surface area contributed by atoms with E-state index in [1.807, 2.05) is 0 Å². The highest BCUT2D eigenvalue weighted by Gasteiger charge is 2.17. The molecule has 0 saturated heterocycles. The van der Waals surface area contributed by atoms with E-state index < -0.39 is 0 Å². The van der Waals surface area contributed by atoms with E-state index in [-0.39, 0.29) is 0 Å². The Hall–Kier alpha value is -9.56. The number of benzene rings is 14. The third-order valence-electron chi connectivity index (χ3n) is 15.6. The molecule has 0 saturated carbocycles. The standard InChI is InChI=1S/C72H45N/c1-3-17-57-48(12-1)14-9-21-59(57)50-30-26-46(27-31-50)53-36-40-62-67(42-53)68-43-54(47-28-32-51(33-29-47)60-22-10-15-49-13-2-4-18-58(49)60)37-41-63(68)70-45-66-55(44-69(62)70)16-11-23-61(66)52-34-38-56(39-35-52)73-71-24-7-5-19-64(71)65-20-6-8-25-72(65)73/h1-45H. The average molecular weight is 924 g/mol. The molecule has 0 aliphatic rings. The molecule has 0 aliphatic heterocycles. The van der Waals surface area contributed by atoms with Gasteiger partial charge >= 0.3 is 0 Å². The summed E-state index contributed by atoms with van der Waals surface area (Å²) in [5, 5.41) is 17.6. The predicted molar refractivity (Wildman–Crippen MR) is 313 cm³/mol. The molecule has 15 rings (SSSR count). The van der Waals surface area contributed by atoms with Gasteiger partial charge in [0.2, 0.25) is 0 Å². The first-order valence-electron chi connectivity index (χ1n) is 25.3. The fourth-order valence-electron chi connectivity index (χ4n) is 12.0. The molecule has 0 unspecified atom stereocenters. The number of fused-ring (bicyclic) bond motifs is 12. The van der Waals surface area contributed by atoms with Gasteiger partial charge in [-0.15, -0.1) is 0 Å². The van der Waals surface area contributed by atoms with Gasteiger partial charge in [0.15, 0.2) is 0 Å². The lowest BCUT2D eigenvalue weighted by Gasteiger charge is -2.16. The summed E-state index contributed by atoms with van der Waals surface area (Å²) in [4.78, 5) is 0. The molecule has 1 heteroatoms. The van der Waals surface area contributed by atoms with Gasteiger partial charge in [0.25, 0.3) is 0 Å². The van der Waals surface area contributed by atoms with Crippen LogP contribution in [-0.4, -0.2) is 4.57 Å². The number of hydrogen-bond acceptors (Lipinski definition) is 0. The largest absolute Gasteiger partial charge is 0.309 e. The summed E-state index contributed by atoms with van der Waals surface area (Å²) in [6.45, 7) is 0. The lowest BCUT2D eigenvalue weighted by Crippen LogP contribution is -1.93. The van der Waals surface area contributed by atoms with Crippen molar-refractivity contribution in [3.8, 4) is 61.3 Å². The molecule has 14 aromatic carbocycles. The Labute approximate surface area is 423 Å². The SMILES string of the molecule is c1ccc2c(-c3ccc(-c4ccc5c(c4)c4cc(-c6ccc(-c7cccc8ccccc78)cc6)ccc4c4cc6c(-c7ccc(-n8c9ccccc9c9ccccc98)cc7)cccc6cc54)cc3)cccc2c1. The zero-order chi connectivity index (χ0) is 48.0. The van der Waals surface area contributed by atoms with Crippen LogP contribution < -0.4 is 0 Å². The van der Waals surface area contributed by atoms with Gasteiger partial charge in [-0.3, -0.25) is 0 Å². The van der Waals surface area contributed by atoms with Crippen molar-refractivity contribution < 1.29 is 0 Å². The van der Waals surface area contributed by atoms with E-state index >= 15 is 0 Å². The Morgan fingerprint density at radius 2 is 0.534 bits per heavy atom. The van der Waals surface area contributed by atoms with Gasteiger partial charge in [-0.2, -0.15) is 0 Å². The summed E-state index contributed by atoms with van der Waals surface area (Å²) in [6, 6.07) is 101. The van der Waals surface area contributed by atoms with Crippen LogP contribution in [0.5, 0.6) is 0 Å². The first kappa shape index (κ1) is 41.2. The Balaban J connectivity index is 0.881. The Morgan fingerprint density at radius 1 is 0.178 bits per heavy atom. The minimum Gasteiger partial charge on any atom is -0.309 e. The normalized spacial score (nSPS) is 11.8. The van der Waals surface area contributed by atoms with Gasteiger partial charge in [-0.25, -0.2) is 0 Å². The summed E-state index contributed by atoms with van der Waals surface area (Å²) in [6.07, 6.45) is 0. The molecule has 0 amide bonds. The maximum absolute atomic E-state index is 2.46. The molecule has 338 valence electrons. The summed E-state index contributed by atoms with van der Waals surface area (Å²) in [5.41, 5.74) is 15.8. The van der Waals surface area contributed by atoms with Crippen molar-refractivity contribution >= 4 is 86.4 Å². The molecule has 1 aromatic heterocycles. The zero-order valence-electron chi connectivity index (χ0n) is 39.9. The average Bonchev–Trinajstić information content (AvgIpc) is 3.81. The van der Waals surface area contributed by atoms with Gasteiger partial charge in [0.1, 0.15) is 0 Å². The molecule has 15 aromatic rings. The highest BCUT2D eigenvalue weighted by Crippen LogP contribution is 2.43. The van der Waals surface area contributed by atoms with E-state index in [1.165, 1.54) is 142 Å². The first-order valence-corrected chi connectivity index (χ1v) is 25.3. The molecule has 0 bridgehead atoms. The van der Waals surface area contributed by atoms with Crippen molar-refractivity contribution in [2.24, 2.45) is 0 Å². The van der Waals surface area contributed by atoms with Crippen LogP contribution in [0.25, 0.3) is 148 Å². The Kier molecular flexibility index (Phi) is 9.33. The van der Waals surface area contributed by atoms with E-state index in [2.05, 4.69) is 278 Å². The van der Waals surface area contributed by atoms with Crippen molar-refractivity contribution in [1.82, 2.24) is 4.57 Å². The minimum atomic E-state index is 1.16. The van der Waals surface area contributed by atoms with Crippen LogP contribution in [0.4, 0.5) is 0 Å². The first-order chi connectivity index (χ1) is 36.2. The minimum absolute atomic E-state index is 1.16. The van der Waals surface area contributed by atoms with Crippen LogP contribution >= 0.6 is 0 Å². The summed E-state index contributed by atoms with van der Waals surface area (Å²) in [7, 11) is 0. The second-order valence-corrected chi connectivity index (χ2v) is 19.6. The highest BCUT2D eigenvalue weighted by molar-refractivity contribution is 6.28. The van der Waals surface area contributed by atoms with Crippen LogP contribution in [0.2, 0.25) is 0 Å². The second kappa shape index (κ2) is 16.5. The molecule has 0 fully saturated rings. The monoisotopic (exact) mass is 923 g/mol.